The third-order valence-electron chi connectivity index (χ3n) is 3.01. The number of carbonyl (C=O) groups is 1. The van der Waals surface area contributed by atoms with Crippen molar-refractivity contribution in [3.05, 3.63) is 23.8 Å². The average Bonchev–Trinajstić information content (AvgIpc) is 2.40. The molecule has 0 bridgehead atoms. The number of aryl methyl sites for hydroxylation is 1. The van der Waals surface area contributed by atoms with Crippen LogP contribution in [-0.4, -0.2) is 24.7 Å². The van der Waals surface area contributed by atoms with Crippen molar-refractivity contribution in [2.75, 3.05) is 19.0 Å². The van der Waals surface area contributed by atoms with E-state index in [2.05, 4.69) is 12.2 Å². The maximum Gasteiger partial charge on any atom is 0.229 e. The van der Waals surface area contributed by atoms with Gasteiger partial charge in [0.25, 0.3) is 0 Å². The van der Waals surface area contributed by atoms with Crippen LogP contribution in [0, 0.1) is 5.92 Å². The van der Waals surface area contributed by atoms with E-state index >= 15 is 0 Å². The summed E-state index contributed by atoms with van der Waals surface area (Å²) in [5.41, 5.74) is 1.79. The fourth-order valence-corrected chi connectivity index (χ4v) is 1.70. The number of carbonyl (C=O) groups excluding carboxylic acids is 1. The zero-order valence-corrected chi connectivity index (χ0v) is 11.2. The summed E-state index contributed by atoms with van der Waals surface area (Å²) >= 11 is 0. The maximum atomic E-state index is 11.9. The Morgan fingerprint density at radius 1 is 1.44 bits per heavy atom. The number of aliphatic hydroxyl groups is 1. The molecule has 0 aliphatic heterocycles. The first kappa shape index (κ1) is 14.5. The molecule has 1 amide bonds. The van der Waals surface area contributed by atoms with Gasteiger partial charge in [-0.15, -0.1) is 0 Å². The Hall–Kier alpha value is -1.55. The Labute approximate surface area is 108 Å². The van der Waals surface area contributed by atoms with Crippen LogP contribution in [0.3, 0.4) is 0 Å². The lowest BCUT2D eigenvalue weighted by Gasteiger charge is -2.15. The van der Waals surface area contributed by atoms with Crippen molar-refractivity contribution in [1.29, 1.82) is 0 Å². The molecule has 0 aromatic heterocycles. The Balaban J connectivity index is 2.91. The van der Waals surface area contributed by atoms with Crippen LogP contribution < -0.4 is 10.1 Å². The predicted molar refractivity (Wildman–Crippen MR) is 71.9 cm³/mol. The highest BCUT2D eigenvalue weighted by atomic mass is 16.5. The molecular formula is C14H21NO3. The molecule has 4 nitrogen and oxygen atoms in total. The molecule has 0 saturated carbocycles. The van der Waals surface area contributed by atoms with Crippen molar-refractivity contribution in [3.63, 3.8) is 0 Å². The zero-order valence-electron chi connectivity index (χ0n) is 11.2. The van der Waals surface area contributed by atoms with Gasteiger partial charge in [0.05, 0.1) is 25.3 Å². The fraction of sp³-hybridized carbons (Fsp3) is 0.500. The van der Waals surface area contributed by atoms with Gasteiger partial charge in [0.15, 0.2) is 0 Å². The van der Waals surface area contributed by atoms with Crippen molar-refractivity contribution < 1.29 is 14.6 Å². The second kappa shape index (κ2) is 7.01. The lowest BCUT2D eigenvalue weighted by Crippen LogP contribution is -2.25. The quantitative estimate of drug-likeness (QED) is 0.815. The van der Waals surface area contributed by atoms with Gasteiger partial charge < -0.3 is 15.2 Å². The normalized spacial score (nSPS) is 12.0. The first-order valence-electron chi connectivity index (χ1n) is 6.24. The fourth-order valence-electron chi connectivity index (χ4n) is 1.70. The van der Waals surface area contributed by atoms with Crippen molar-refractivity contribution in [1.82, 2.24) is 0 Å². The molecule has 0 fully saturated rings. The third-order valence-corrected chi connectivity index (χ3v) is 3.01. The van der Waals surface area contributed by atoms with Crippen LogP contribution in [0.15, 0.2) is 18.2 Å². The van der Waals surface area contributed by atoms with Gasteiger partial charge in [-0.05, 0) is 30.5 Å². The number of benzene rings is 1. The van der Waals surface area contributed by atoms with Gasteiger partial charge in [-0.25, -0.2) is 0 Å². The topological polar surface area (TPSA) is 58.6 Å². The average molecular weight is 251 g/mol. The van der Waals surface area contributed by atoms with Crippen molar-refractivity contribution in [2.45, 2.75) is 26.7 Å². The highest BCUT2D eigenvalue weighted by molar-refractivity contribution is 5.94. The van der Waals surface area contributed by atoms with Gasteiger partial charge in [-0.3, -0.25) is 4.79 Å². The number of anilines is 1. The second-order valence-corrected chi connectivity index (χ2v) is 4.17. The van der Waals surface area contributed by atoms with Crippen LogP contribution >= 0.6 is 0 Å². The largest absolute Gasteiger partial charge is 0.495 e. The predicted octanol–water partition coefficient (Wildman–Crippen LogP) is 2.21. The lowest BCUT2D eigenvalue weighted by atomic mass is 10.1. The first-order valence-corrected chi connectivity index (χ1v) is 6.24. The van der Waals surface area contributed by atoms with Gasteiger partial charge in [-0.2, -0.15) is 0 Å². The number of amides is 1. The minimum atomic E-state index is -0.375. The Morgan fingerprint density at radius 2 is 2.17 bits per heavy atom. The molecule has 18 heavy (non-hydrogen) atoms. The maximum absolute atomic E-state index is 11.9. The minimum Gasteiger partial charge on any atom is -0.495 e. The zero-order chi connectivity index (χ0) is 13.5. The van der Waals surface area contributed by atoms with E-state index in [1.54, 1.807) is 7.11 Å². The first-order chi connectivity index (χ1) is 8.65. The molecule has 0 spiro atoms. The highest BCUT2D eigenvalue weighted by Gasteiger charge is 2.17. The Morgan fingerprint density at radius 3 is 2.67 bits per heavy atom. The molecule has 1 atom stereocenters. The van der Waals surface area contributed by atoms with Crippen molar-refractivity contribution >= 4 is 11.6 Å². The molecule has 4 heteroatoms. The van der Waals surface area contributed by atoms with Crippen molar-refractivity contribution in [3.8, 4) is 5.75 Å². The number of methoxy groups -OCH3 is 1. The van der Waals surface area contributed by atoms with E-state index in [1.807, 2.05) is 25.1 Å². The number of nitrogens with one attached hydrogen (secondary N) is 1. The van der Waals surface area contributed by atoms with Crippen LogP contribution in [0.4, 0.5) is 5.69 Å². The molecule has 2 N–H and O–H groups in total. The monoisotopic (exact) mass is 251 g/mol. The SMILES string of the molecule is CCc1ccc(OC)c(NC(=O)C(CC)CO)c1. The second-order valence-electron chi connectivity index (χ2n) is 4.17. The van der Waals surface area contributed by atoms with Crippen LogP contribution in [0.5, 0.6) is 5.75 Å². The minimum absolute atomic E-state index is 0.141. The molecule has 0 aliphatic rings. The van der Waals surface area contributed by atoms with Gasteiger partial charge in [0, 0.05) is 0 Å². The van der Waals surface area contributed by atoms with Gasteiger partial charge >= 0.3 is 0 Å². The van der Waals surface area contributed by atoms with Gasteiger partial charge in [0.2, 0.25) is 5.91 Å². The van der Waals surface area contributed by atoms with E-state index in [-0.39, 0.29) is 18.4 Å². The number of aliphatic hydroxyl groups excluding tert-OH is 1. The Bertz CT molecular complexity index is 400. The summed E-state index contributed by atoms with van der Waals surface area (Å²) in [6.07, 6.45) is 1.50. The molecular weight excluding hydrogens is 230 g/mol. The smallest absolute Gasteiger partial charge is 0.229 e. The summed E-state index contributed by atoms with van der Waals surface area (Å²) in [4.78, 5) is 11.9. The standard InChI is InChI=1S/C14H21NO3/c1-4-10-6-7-13(18-3)12(8-10)15-14(17)11(5-2)9-16/h6-8,11,16H,4-5,9H2,1-3H3,(H,15,17). The molecule has 100 valence electrons. The van der Waals surface area contributed by atoms with E-state index in [9.17, 15) is 4.79 Å². The van der Waals surface area contributed by atoms with Gasteiger partial charge in [0.1, 0.15) is 5.75 Å². The van der Waals surface area contributed by atoms with Crippen LogP contribution in [0.25, 0.3) is 0 Å². The summed E-state index contributed by atoms with van der Waals surface area (Å²) in [6.45, 7) is 3.79. The highest BCUT2D eigenvalue weighted by Crippen LogP contribution is 2.26. The number of ether oxygens (including phenoxy) is 1. The van der Waals surface area contributed by atoms with E-state index in [1.165, 1.54) is 0 Å². The van der Waals surface area contributed by atoms with Crippen molar-refractivity contribution in [2.24, 2.45) is 5.92 Å². The van der Waals surface area contributed by atoms with E-state index in [4.69, 9.17) is 9.84 Å². The van der Waals surface area contributed by atoms with Gasteiger partial charge in [-0.1, -0.05) is 19.9 Å². The van der Waals surface area contributed by atoms with E-state index < -0.39 is 0 Å². The van der Waals surface area contributed by atoms with Crippen LogP contribution in [-0.2, 0) is 11.2 Å². The number of hydrogen-bond acceptors (Lipinski definition) is 3. The summed E-state index contributed by atoms with van der Waals surface area (Å²) < 4.78 is 5.22. The van der Waals surface area contributed by atoms with Crippen LogP contribution in [0.2, 0.25) is 0 Å². The molecule has 0 heterocycles. The molecule has 1 aromatic rings. The molecule has 0 aliphatic carbocycles. The van der Waals surface area contributed by atoms with E-state index in [0.717, 1.165) is 12.0 Å². The van der Waals surface area contributed by atoms with Crippen LogP contribution in [0.1, 0.15) is 25.8 Å². The summed E-state index contributed by atoms with van der Waals surface area (Å²) in [5.74, 6) is 0.0832. The summed E-state index contributed by atoms with van der Waals surface area (Å²) in [7, 11) is 1.57. The molecule has 1 rings (SSSR count). The number of hydrogen-bond donors (Lipinski definition) is 2. The Kier molecular flexibility index (Phi) is 5.65. The summed E-state index contributed by atoms with van der Waals surface area (Å²) in [6, 6.07) is 5.72. The molecule has 1 aromatic carbocycles. The molecule has 1 unspecified atom stereocenters. The molecule has 0 saturated heterocycles. The van der Waals surface area contributed by atoms with E-state index in [0.29, 0.717) is 17.9 Å². The third kappa shape index (κ3) is 3.47. The summed E-state index contributed by atoms with van der Waals surface area (Å²) in [5, 5.41) is 11.9. The lowest BCUT2D eigenvalue weighted by molar-refractivity contribution is -0.121. The number of rotatable bonds is 6. The molecule has 0 radical (unpaired) electrons.